The van der Waals surface area contributed by atoms with E-state index in [1.807, 2.05) is 68.4 Å². The number of benzene rings is 2. The molecule has 1 N–H and O–H groups in total. The number of nitrogens with one attached hydrogen (secondary N) is 1. The summed E-state index contributed by atoms with van der Waals surface area (Å²) in [5.41, 5.74) is 3.95. The second-order valence-electron chi connectivity index (χ2n) is 7.85. The molecule has 2 aromatic carbocycles. The van der Waals surface area contributed by atoms with Gasteiger partial charge >= 0.3 is 5.97 Å². The number of carbonyl (C=O) groups excluding carboxylic acids is 2. The zero-order valence-electron chi connectivity index (χ0n) is 17.9. The molecule has 31 heavy (non-hydrogen) atoms. The van der Waals surface area contributed by atoms with E-state index >= 15 is 0 Å². The SMILES string of the molecule is CCOc1ccc(C2C(C(=O)OCc3ccccc3)=C(C)NC3=CCCC(=O)C32)cc1. The van der Waals surface area contributed by atoms with E-state index in [0.29, 0.717) is 25.0 Å². The van der Waals surface area contributed by atoms with E-state index in [-0.39, 0.29) is 18.3 Å². The molecule has 160 valence electrons. The van der Waals surface area contributed by atoms with Gasteiger partial charge in [-0.05, 0) is 43.5 Å². The van der Waals surface area contributed by atoms with Crippen LogP contribution in [0.3, 0.4) is 0 Å². The monoisotopic (exact) mass is 417 g/mol. The van der Waals surface area contributed by atoms with Crippen molar-refractivity contribution in [2.45, 2.75) is 39.2 Å². The Kier molecular flexibility index (Phi) is 6.21. The molecule has 0 spiro atoms. The van der Waals surface area contributed by atoms with Gasteiger partial charge in [0.05, 0.1) is 18.1 Å². The zero-order chi connectivity index (χ0) is 21.8. The summed E-state index contributed by atoms with van der Waals surface area (Å²) in [7, 11) is 0. The van der Waals surface area contributed by atoms with Gasteiger partial charge in [-0.15, -0.1) is 0 Å². The van der Waals surface area contributed by atoms with E-state index < -0.39 is 11.9 Å². The second kappa shape index (κ2) is 9.21. The maximum atomic E-state index is 13.2. The van der Waals surface area contributed by atoms with Crippen LogP contribution in [-0.2, 0) is 20.9 Å². The van der Waals surface area contributed by atoms with Gasteiger partial charge in [0.2, 0.25) is 0 Å². The van der Waals surface area contributed by atoms with Crippen molar-refractivity contribution in [2.75, 3.05) is 6.61 Å². The van der Waals surface area contributed by atoms with E-state index in [2.05, 4.69) is 11.4 Å². The Balaban J connectivity index is 1.69. The van der Waals surface area contributed by atoms with Crippen molar-refractivity contribution in [3.8, 4) is 5.75 Å². The summed E-state index contributed by atoms with van der Waals surface area (Å²) >= 11 is 0. The summed E-state index contributed by atoms with van der Waals surface area (Å²) in [5.74, 6) is -0.288. The highest BCUT2D eigenvalue weighted by atomic mass is 16.5. The fraction of sp³-hybridized carbons (Fsp3) is 0.308. The van der Waals surface area contributed by atoms with Crippen LogP contribution < -0.4 is 10.1 Å². The Morgan fingerprint density at radius 1 is 1.06 bits per heavy atom. The summed E-state index contributed by atoms with van der Waals surface area (Å²) in [4.78, 5) is 26.2. The van der Waals surface area contributed by atoms with Gasteiger partial charge < -0.3 is 14.8 Å². The average molecular weight is 418 g/mol. The lowest BCUT2D eigenvalue weighted by atomic mass is 9.71. The largest absolute Gasteiger partial charge is 0.494 e. The van der Waals surface area contributed by atoms with Crippen LogP contribution in [0.25, 0.3) is 0 Å². The van der Waals surface area contributed by atoms with Gasteiger partial charge in [0.1, 0.15) is 18.1 Å². The van der Waals surface area contributed by atoms with Gasteiger partial charge in [-0.3, -0.25) is 4.79 Å². The minimum atomic E-state index is -0.408. The van der Waals surface area contributed by atoms with Crippen LogP contribution in [-0.4, -0.2) is 18.4 Å². The molecule has 5 heteroatoms. The third kappa shape index (κ3) is 4.41. The lowest BCUT2D eigenvalue weighted by Crippen LogP contribution is -2.40. The van der Waals surface area contributed by atoms with Crippen molar-refractivity contribution in [1.29, 1.82) is 0 Å². The number of rotatable bonds is 6. The number of fused-ring (bicyclic) bond motifs is 1. The molecular weight excluding hydrogens is 390 g/mol. The van der Waals surface area contributed by atoms with Crippen LogP contribution in [0.15, 0.2) is 77.6 Å². The minimum Gasteiger partial charge on any atom is -0.494 e. The van der Waals surface area contributed by atoms with E-state index in [0.717, 1.165) is 28.3 Å². The van der Waals surface area contributed by atoms with Crippen molar-refractivity contribution in [3.05, 3.63) is 88.8 Å². The summed E-state index contributed by atoms with van der Waals surface area (Å²) in [6.07, 6.45) is 3.27. The summed E-state index contributed by atoms with van der Waals surface area (Å²) in [6, 6.07) is 17.3. The van der Waals surface area contributed by atoms with Gasteiger partial charge in [-0.25, -0.2) is 4.79 Å². The highest BCUT2D eigenvalue weighted by Gasteiger charge is 2.43. The van der Waals surface area contributed by atoms with Crippen molar-refractivity contribution in [3.63, 3.8) is 0 Å². The molecule has 5 nitrogen and oxygen atoms in total. The molecule has 0 saturated carbocycles. The number of allylic oxidation sites excluding steroid dienone is 3. The third-order valence-electron chi connectivity index (χ3n) is 5.80. The van der Waals surface area contributed by atoms with Crippen LogP contribution in [0.4, 0.5) is 0 Å². The summed E-state index contributed by atoms with van der Waals surface area (Å²) < 4.78 is 11.2. The lowest BCUT2D eigenvalue weighted by molar-refractivity contribution is -0.141. The Bertz CT molecular complexity index is 1020. The number of ketones is 1. The fourth-order valence-electron chi connectivity index (χ4n) is 4.38. The topological polar surface area (TPSA) is 64.6 Å². The number of esters is 1. The first-order valence-electron chi connectivity index (χ1n) is 10.7. The molecule has 0 fully saturated rings. The molecule has 0 bridgehead atoms. The first-order valence-corrected chi connectivity index (χ1v) is 10.7. The second-order valence-corrected chi connectivity index (χ2v) is 7.85. The summed E-state index contributed by atoms with van der Waals surface area (Å²) in [6.45, 7) is 4.58. The quantitative estimate of drug-likeness (QED) is 0.693. The highest BCUT2D eigenvalue weighted by molar-refractivity contribution is 5.96. The van der Waals surface area contributed by atoms with Crippen molar-refractivity contribution in [1.82, 2.24) is 5.32 Å². The molecule has 0 saturated heterocycles. The molecule has 1 aliphatic carbocycles. The molecule has 4 rings (SSSR count). The van der Waals surface area contributed by atoms with Gasteiger partial charge in [0.25, 0.3) is 0 Å². The highest BCUT2D eigenvalue weighted by Crippen LogP contribution is 2.44. The number of Topliss-reactive ketones (excluding diaryl/α,β-unsaturated/α-hetero) is 1. The van der Waals surface area contributed by atoms with Crippen molar-refractivity contribution >= 4 is 11.8 Å². The predicted molar refractivity (Wildman–Crippen MR) is 118 cm³/mol. The van der Waals surface area contributed by atoms with E-state index in [1.54, 1.807) is 0 Å². The van der Waals surface area contributed by atoms with Crippen molar-refractivity contribution in [2.24, 2.45) is 5.92 Å². The lowest BCUT2D eigenvalue weighted by Gasteiger charge is -2.38. The number of carbonyl (C=O) groups is 2. The maximum Gasteiger partial charge on any atom is 0.336 e. The van der Waals surface area contributed by atoms with Gasteiger partial charge in [0, 0.05) is 23.7 Å². The van der Waals surface area contributed by atoms with E-state index in [1.165, 1.54) is 0 Å². The van der Waals surface area contributed by atoms with E-state index in [4.69, 9.17) is 9.47 Å². The molecule has 1 aliphatic heterocycles. The van der Waals surface area contributed by atoms with Gasteiger partial charge in [-0.1, -0.05) is 48.5 Å². The Morgan fingerprint density at radius 3 is 2.52 bits per heavy atom. The van der Waals surface area contributed by atoms with Crippen LogP contribution in [0.5, 0.6) is 5.75 Å². The van der Waals surface area contributed by atoms with Crippen LogP contribution in [0.1, 0.15) is 43.7 Å². The van der Waals surface area contributed by atoms with Gasteiger partial charge in [0.15, 0.2) is 0 Å². The van der Waals surface area contributed by atoms with Crippen LogP contribution >= 0.6 is 0 Å². The fourth-order valence-corrected chi connectivity index (χ4v) is 4.38. The molecule has 1 heterocycles. The molecule has 0 aromatic heterocycles. The molecule has 2 aliphatic rings. The first-order chi connectivity index (χ1) is 15.1. The molecule has 2 unspecified atom stereocenters. The number of hydrogen-bond acceptors (Lipinski definition) is 5. The Hall–Kier alpha value is -3.34. The standard InChI is InChI=1S/C26H27NO4/c1-3-30-20-14-12-19(13-15-20)24-23(26(29)31-16-18-8-5-4-6-9-18)17(2)27-21-10-7-11-22(28)25(21)24/h4-6,8-10,12-15,24-25,27H,3,7,11,16H2,1-2H3. The average Bonchev–Trinajstić information content (AvgIpc) is 2.78. The smallest absolute Gasteiger partial charge is 0.336 e. The molecule has 0 amide bonds. The third-order valence-corrected chi connectivity index (χ3v) is 5.80. The molecule has 2 aromatic rings. The van der Waals surface area contributed by atoms with Gasteiger partial charge in [-0.2, -0.15) is 0 Å². The Labute approximate surface area is 182 Å². The normalized spacial score (nSPS) is 20.5. The van der Waals surface area contributed by atoms with E-state index in [9.17, 15) is 9.59 Å². The summed E-state index contributed by atoms with van der Waals surface area (Å²) in [5, 5.41) is 3.30. The first kappa shape index (κ1) is 20.9. The molecular formula is C26H27NO4. The Morgan fingerprint density at radius 2 is 1.81 bits per heavy atom. The van der Waals surface area contributed by atoms with Crippen LogP contribution in [0.2, 0.25) is 0 Å². The van der Waals surface area contributed by atoms with Crippen molar-refractivity contribution < 1.29 is 19.1 Å². The predicted octanol–water partition coefficient (Wildman–Crippen LogP) is 4.65. The minimum absolute atomic E-state index is 0.143. The van der Waals surface area contributed by atoms with Crippen LogP contribution in [0, 0.1) is 5.92 Å². The number of hydrogen-bond donors (Lipinski definition) is 1. The molecule has 0 radical (unpaired) electrons. The maximum absolute atomic E-state index is 13.2. The zero-order valence-corrected chi connectivity index (χ0v) is 17.9. The molecule has 2 atom stereocenters. The number of ether oxygens (including phenoxy) is 2.